The highest BCUT2D eigenvalue weighted by Crippen LogP contribution is 2.34. The molecule has 0 fully saturated rings. The van der Waals surface area contributed by atoms with Crippen LogP contribution in [0.5, 0.6) is 11.5 Å². The Kier molecular flexibility index (Phi) is 7.72. The van der Waals surface area contributed by atoms with Crippen LogP contribution in [0.1, 0.15) is 27.5 Å². The predicted molar refractivity (Wildman–Crippen MR) is 128 cm³/mol. The van der Waals surface area contributed by atoms with Gasteiger partial charge in [0.15, 0.2) is 11.5 Å². The molecule has 1 amide bonds. The maximum Gasteiger partial charge on any atom is 0.337 e. The number of amidine groups is 1. The summed E-state index contributed by atoms with van der Waals surface area (Å²) in [6, 6.07) is 13.5. The van der Waals surface area contributed by atoms with E-state index in [2.05, 4.69) is 16.2 Å². The zero-order chi connectivity index (χ0) is 25.5. The highest BCUT2D eigenvalue weighted by atomic mass is 19.1. The lowest BCUT2D eigenvalue weighted by Crippen LogP contribution is -2.38. The number of para-hydroxylation sites is 1. The molecule has 3 aromatic carbocycles. The second-order valence-corrected chi connectivity index (χ2v) is 7.26. The molecule has 1 atom stereocenters. The number of nitrogens with one attached hydrogen (secondary N) is 4. The number of rotatable bonds is 10. The number of nitrogen functional groups attached to an aromatic ring is 1. The Morgan fingerprint density at radius 1 is 1.03 bits per heavy atom. The van der Waals surface area contributed by atoms with Gasteiger partial charge < -0.3 is 25.6 Å². The van der Waals surface area contributed by atoms with Crippen molar-refractivity contribution in [3.8, 4) is 11.5 Å². The highest BCUT2D eigenvalue weighted by Gasteiger charge is 2.26. The number of methoxy groups -OCH3 is 2. The van der Waals surface area contributed by atoms with Gasteiger partial charge in [0.05, 0.1) is 25.5 Å². The molecule has 0 saturated heterocycles. The largest absolute Gasteiger partial charge is 0.493 e. The van der Waals surface area contributed by atoms with Gasteiger partial charge >= 0.3 is 5.97 Å². The van der Waals surface area contributed by atoms with Crippen LogP contribution in [0, 0.1) is 11.2 Å². The van der Waals surface area contributed by atoms with Crippen LogP contribution in [-0.2, 0) is 4.79 Å². The van der Waals surface area contributed by atoms with Gasteiger partial charge in [-0.1, -0.05) is 12.1 Å². The van der Waals surface area contributed by atoms with Gasteiger partial charge in [-0.25, -0.2) is 9.18 Å². The van der Waals surface area contributed by atoms with Crippen LogP contribution in [0.3, 0.4) is 0 Å². The van der Waals surface area contributed by atoms with Gasteiger partial charge in [-0.2, -0.15) is 0 Å². The number of aromatic carboxylic acids is 1. The van der Waals surface area contributed by atoms with Gasteiger partial charge in [-0.05, 0) is 42.5 Å². The molecule has 0 radical (unpaired) electrons. The SMILES string of the molecule is COc1cc(F)c(C(Nc2ccc(C(=N)N)cc2)C(=O)NNc2ccccc2C(=O)O)cc1OC. The van der Waals surface area contributed by atoms with Gasteiger partial charge in [0.2, 0.25) is 0 Å². The molecule has 0 aliphatic heterocycles. The lowest BCUT2D eigenvalue weighted by molar-refractivity contribution is -0.121. The van der Waals surface area contributed by atoms with Crippen molar-refractivity contribution in [2.45, 2.75) is 6.04 Å². The summed E-state index contributed by atoms with van der Waals surface area (Å²) in [6.45, 7) is 0. The summed E-state index contributed by atoms with van der Waals surface area (Å²) in [5, 5.41) is 19.8. The number of carboxylic acid groups (broad SMARTS) is 1. The van der Waals surface area contributed by atoms with Crippen molar-refractivity contribution >= 4 is 29.1 Å². The first kappa shape index (κ1) is 24.8. The number of anilines is 2. The lowest BCUT2D eigenvalue weighted by atomic mass is 10.0. The molecule has 11 heteroatoms. The number of carboxylic acids is 1. The quantitative estimate of drug-likeness (QED) is 0.146. The first-order valence-electron chi connectivity index (χ1n) is 10.3. The minimum Gasteiger partial charge on any atom is -0.493 e. The average Bonchev–Trinajstić information content (AvgIpc) is 2.86. The van der Waals surface area contributed by atoms with Crippen LogP contribution in [-0.4, -0.2) is 37.0 Å². The monoisotopic (exact) mass is 481 g/mol. The maximum atomic E-state index is 15.1. The molecule has 3 aromatic rings. The number of benzene rings is 3. The fourth-order valence-electron chi connectivity index (χ4n) is 3.27. The number of nitrogens with two attached hydrogens (primary N) is 1. The summed E-state index contributed by atoms with van der Waals surface area (Å²) in [6.07, 6.45) is 0. The molecule has 10 nitrogen and oxygen atoms in total. The zero-order valence-corrected chi connectivity index (χ0v) is 18.9. The van der Waals surface area contributed by atoms with Crippen molar-refractivity contribution in [2.75, 3.05) is 25.0 Å². The van der Waals surface area contributed by atoms with E-state index < -0.39 is 23.7 Å². The maximum absolute atomic E-state index is 15.1. The molecule has 3 rings (SSSR count). The number of hydrogen-bond donors (Lipinski definition) is 6. The molecule has 1 unspecified atom stereocenters. The number of amides is 1. The smallest absolute Gasteiger partial charge is 0.337 e. The molecule has 7 N–H and O–H groups in total. The Morgan fingerprint density at radius 3 is 2.26 bits per heavy atom. The topological polar surface area (TPSA) is 159 Å². The van der Waals surface area contributed by atoms with Crippen molar-refractivity contribution < 1.29 is 28.6 Å². The summed E-state index contributed by atoms with van der Waals surface area (Å²) in [5.41, 5.74) is 11.4. The van der Waals surface area contributed by atoms with E-state index in [1.54, 1.807) is 36.4 Å². The van der Waals surface area contributed by atoms with Gasteiger partial charge in [0, 0.05) is 22.9 Å². The second-order valence-electron chi connectivity index (χ2n) is 7.26. The molecule has 0 aliphatic carbocycles. The van der Waals surface area contributed by atoms with Crippen molar-refractivity contribution in [3.63, 3.8) is 0 Å². The molecule has 0 aliphatic rings. The first-order valence-corrected chi connectivity index (χ1v) is 10.3. The molecule has 0 aromatic heterocycles. The Bertz CT molecular complexity index is 1250. The number of halogens is 1. The van der Waals surface area contributed by atoms with E-state index in [1.807, 2.05) is 0 Å². The molecular formula is C24H24FN5O5. The Morgan fingerprint density at radius 2 is 1.66 bits per heavy atom. The third-order valence-electron chi connectivity index (χ3n) is 5.06. The van der Waals surface area contributed by atoms with Crippen LogP contribution < -0.4 is 31.4 Å². The first-order chi connectivity index (χ1) is 16.7. The van der Waals surface area contributed by atoms with Crippen molar-refractivity contribution in [1.29, 1.82) is 5.41 Å². The zero-order valence-electron chi connectivity index (χ0n) is 18.9. The van der Waals surface area contributed by atoms with Gasteiger partial charge in [-0.3, -0.25) is 21.1 Å². The predicted octanol–water partition coefficient (Wildman–Crippen LogP) is 3.12. The van der Waals surface area contributed by atoms with E-state index in [1.165, 1.54) is 32.4 Å². The van der Waals surface area contributed by atoms with Crippen LogP contribution in [0.2, 0.25) is 0 Å². The van der Waals surface area contributed by atoms with Crippen LogP contribution in [0.4, 0.5) is 15.8 Å². The summed E-state index contributed by atoms with van der Waals surface area (Å²) in [4.78, 5) is 24.7. The fourth-order valence-corrected chi connectivity index (χ4v) is 3.27. The van der Waals surface area contributed by atoms with Gasteiger partial charge in [-0.15, -0.1) is 0 Å². The summed E-state index contributed by atoms with van der Waals surface area (Å²) < 4.78 is 25.4. The number of carbonyl (C=O) groups is 2. The molecule has 0 bridgehead atoms. The average molecular weight is 481 g/mol. The van der Waals surface area contributed by atoms with E-state index >= 15 is 4.39 Å². The molecule has 0 heterocycles. The minimum absolute atomic E-state index is 0.0517. The molecule has 35 heavy (non-hydrogen) atoms. The lowest BCUT2D eigenvalue weighted by Gasteiger charge is -2.22. The van der Waals surface area contributed by atoms with Crippen LogP contribution in [0.25, 0.3) is 0 Å². The summed E-state index contributed by atoms with van der Waals surface area (Å²) in [7, 11) is 2.74. The van der Waals surface area contributed by atoms with Crippen molar-refractivity contribution in [2.24, 2.45) is 5.73 Å². The molecular weight excluding hydrogens is 457 g/mol. The van der Waals surface area contributed by atoms with E-state index in [4.69, 9.17) is 20.6 Å². The second kappa shape index (κ2) is 10.9. The number of ether oxygens (including phenoxy) is 2. The van der Waals surface area contributed by atoms with Crippen LogP contribution >= 0.6 is 0 Å². The van der Waals surface area contributed by atoms with Gasteiger partial charge in [0.1, 0.15) is 17.7 Å². The molecule has 0 saturated carbocycles. The van der Waals surface area contributed by atoms with E-state index in [0.29, 0.717) is 11.3 Å². The fraction of sp³-hybridized carbons (Fsp3) is 0.125. The number of hydrogen-bond acceptors (Lipinski definition) is 7. The third-order valence-corrected chi connectivity index (χ3v) is 5.06. The Hall–Kier alpha value is -4.80. The summed E-state index contributed by atoms with van der Waals surface area (Å²) >= 11 is 0. The van der Waals surface area contributed by atoms with Crippen molar-refractivity contribution in [1.82, 2.24) is 5.43 Å². The van der Waals surface area contributed by atoms with E-state index in [9.17, 15) is 14.7 Å². The highest BCUT2D eigenvalue weighted by molar-refractivity contribution is 5.96. The van der Waals surface area contributed by atoms with E-state index in [0.717, 1.165) is 6.07 Å². The normalized spacial score (nSPS) is 11.2. The summed E-state index contributed by atoms with van der Waals surface area (Å²) in [5.74, 6) is -2.41. The number of carbonyl (C=O) groups excluding carboxylic acids is 1. The Balaban J connectivity index is 1.95. The third kappa shape index (κ3) is 5.77. The van der Waals surface area contributed by atoms with Gasteiger partial charge in [0.25, 0.3) is 5.91 Å². The Labute approximate surface area is 200 Å². The molecule has 0 spiro atoms. The number of hydrazine groups is 1. The van der Waals surface area contributed by atoms with Crippen LogP contribution in [0.15, 0.2) is 60.7 Å². The minimum atomic E-state index is -1.28. The van der Waals surface area contributed by atoms with Crippen molar-refractivity contribution in [3.05, 3.63) is 83.2 Å². The standard InChI is InChI=1S/C24H24FN5O5/c1-34-19-11-16(17(25)12-20(19)35-2)21(28-14-9-7-13(8-10-14)22(26)27)23(31)30-29-18-6-4-3-5-15(18)24(32)33/h3-12,21,28-29H,1-2H3,(H3,26,27)(H,30,31)(H,32,33). The van der Waals surface area contributed by atoms with E-state index in [-0.39, 0.29) is 34.1 Å². The molecule has 182 valence electrons.